The molecular weight excluding hydrogens is 300 g/mol. The summed E-state index contributed by atoms with van der Waals surface area (Å²) in [5.41, 5.74) is 3.64. The van der Waals surface area contributed by atoms with Crippen LogP contribution in [0, 0.1) is 0 Å². The van der Waals surface area contributed by atoms with E-state index < -0.39 is 0 Å². The second-order valence-electron chi connectivity index (χ2n) is 6.04. The molecule has 4 heteroatoms. The smallest absolute Gasteiger partial charge is 0.199 e. The third-order valence-electron chi connectivity index (χ3n) is 4.33. The van der Waals surface area contributed by atoms with Crippen molar-refractivity contribution in [1.29, 1.82) is 0 Å². The largest absolute Gasteiger partial charge is 0.506 e. The molecule has 0 saturated carbocycles. The zero-order valence-electron chi connectivity index (χ0n) is 13.4. The van der Waals surface area contributed by atoms with Gasteiger partial charge < -0.3 is 10.0 Å². The topological polar surface area (TPSA) is 53.4 Å². The van der Waals surface area contributed by atoms with Gasteiger partial charge in [0.05, 0.1) is 22.5 Å². The Bertz CT molecular complexity index is 1020. The molecule has 1 N–H and O–H groups in total. The number of allylic oxidation sites excluding steroid dienone is 1. The van der Waals surface area contributed by atoms with Gasteiger partial charge in [-0.2, -0.15) is 0 Å². The summed E-state index contributed by atoms with van der Waals surface area (Å²) in [6.07, 6.45) is 0. The first-order valence-corrected chi connectivity index (χ1v) is 7.73. The Kier molecular flexibility index (Phi) is 3.13. The minimum absolute atomic E-state index is 0.00443. The number of carbonyl (C=O) groups excluding carboxylic acids is 1. The number of aliphatic hydroxyl groups excluding tert-OH is 1. The molecule has 0 bridgehead atoms. The van der Waals surface area contributed by atoms with Crippen LogP contribution in [0.5, 0.6) is 0 Å². The van der Waals surface area contributed by atoms with Crippen LogP contribution < -0.4 is 4.90 Å². The van der Waals surface area contributed by atoms with E-state index in [1.54, 1.807) is 24.3 Å². The van der Waals surface area contributed by atoms with Gasteiger partial charge in [0, 0.05) is 30.6 Å². The lowest BCUT2D eigenvalue weighted by atomic mass is 10.1. The van der Waals surface area contributed by atoms with Crippen LogP contribution in [0.3, 0.4) is 0 Å². The zero-order valence-corrected chi connectivity index (χ0v) is 13.4. The number of pyridine rings is 1. The summed E-state index contributed by atoms with van der Waals surface area (Å²) < 4.78 is 0. The van der Waals surface area contributed by atoms with Crippen molar-refractivity contribution in [3.63, 3.8) is 0 Å². The third-order valence-corrected chi connectivity index (χ3v) is 4.33. The SMILES string of the molecule is CN(C)c1cccc2ccc(C3=C(O)c4ccccc4C3=O)nc12. The monoisotopic (exact) mass is 316 g/mol. The Morgan fingerprint density at radius 1 is 0.917 bits per heavy atom. The van der Waals surface area contributed by atoms with Gasteiger partial charge in [-0.25, -0.2) is 4.98 Å². The van der Waals surface area contributed by atoms with Crippen LogP contribution in [0.25, 0.3) is 22.2 Å². The molecule has 4 rings (SSSR count). The maximum Gasteiger partial charge on any atom is 0.199 e. The second-order valence-corrected chi connectivity index (χ2v) is 6.04. The molecule has 3 aromatic rings. The Morgan fingerprint density at radius 3 is 2.38 bits per heavy atom. The van der Waals surface area contributed by atoms with Crippen molar-refractivity contribution in [3.05, 3.63) is 71.4 Å². The van der Waals surface area contributed by atoms with Crippen molar-refractivity contribution < 1.29 is 9.90 Å². The average molecular weight is 316 g/mol. The van der Waals surface area contributed by atoms with E-state index in [1.165, 1.54) is 0 Å². The van der Waals surface area contributed by atoms with Gasteiger partial charge in [-0.3, -0.25) is 4.79 Å². The summed E-state index contributed by atoms with van der Waals surface area (Å²) in [6.45, 7) is 0. The predicted octanol–water partition coefficient (Wildman–Crippen LogP) is 3.92. The molecule has 4 nitrogen and oxygen atoms in total. The number of nitrogens with zero attached hydrogens (tertiary/aromatic N) is 2. The fraction of sp³-hybridized carbons (Fsp3) is 0.100. The van der Waals surface area contributed by atoms with Crippen LogP contribution >= 0.6 is 0 Å². The van der Waals surface area contributed by atoms with Gasteiger partial charge in [0.15, 0.2) is 5.78 Å². The molecule has 0 atom stereocenters. The van der Waals surface area contributed by atoms with Gasteiger partial charge in [-0.1, -0.05) is 42.5 Å². The number of anilines is 1. The Hall–Kier alpha value is -3.14. The summed E-state index contributed by atoms with van der Waals surface area (Å²) in [7, 11) is 3.91. The number of benzene rings is 2. The molecule has 2 aromatic carbocycles. The van der Waals surface area contributed by atoms with E-state index in [4.69, 9.17) is 0 Å². The normalized spacial score (nSPS) is 13.5. The number of hydrogen-bond acceptors (Lipinski definition) is 4. The van der Waals surface area contributed by atoms with Crippen LogP contribution in [0.2, 0.25) is 0 Å². The van der Waals surface area contributed by atoms with Crippen molar-refractivity contribution in [2.75, 3.05) is 19.0 Å². The minimum Gasteiger partial charge on any atom is -0.506 e. The molecule has 0 saturated heterocycles. The lowest BCUT2D eigenvalue weighted by Gasteiger charge is -2.15. The third kappa shape index (κ3) is 2.00. The minimum atomic E-state index is -0.183. The molecule has 24 heavy (non-hydrogen) atoms. The fourth-order valence-electron chi connectivity index (χ4n) is 3.13. The first-order chi connectivity index (χ1) is 11.6. The van der Waals surface area contributed by atoms with Crippen LogP contribution in [-0.4, -0.2) is 30.0 Å². The number of carbonyl (C=O) groups is 1. The highest BCUT2D eigenvalue weighted by Gasteiger charge is 2.31. The van der Waals surface area contributed by atoms with Gasteiger partial charge in [0.2, 0.25) is 0 Å². The molecule has 0 aliphatic heterocycles. The standard InChI is InChI=1S/C20H16N2O2/c1-22(2)16-9-5-6-12-10-11-15(21-18(12)16)17-19(23)13-7-3-4-8-14(13)20(17)24/h3-11,23H,1-2H3. The average Bonchev–Trinajstić information content (AvgIpc) is 2.85. The molecule has 0 spiro atoms. The van der Waals surface area contributed by atoms with Gasteiger partial charge in [-0.05, 0) is 12.1 Å². The highest BCUT2D eigenvalue weighted by molar-refractivity contribution is 6.38. The maximum atomic E-state index is 12.7. The van der Waals surface area contributed by atoms with Crippen LogP contribution in [0.1, 0.15) is 21.6 Å². The van der Waals surface area contributed by atoms with Gasteiger partial charge in [-0.15, -0.1) is 0 Å². The Morgan fingerprint density at radius 2 is 1.67 bits per heavy atom. The van der Waals surface area contributed by atoms with Gasteiger partial charge in [0.1, 0.15) is 5.76 Å². The summed E-state index contributed by atoms with van der Waals surface area (Å²) in [5, 5.41) is 11.5. The Labute approximate surface area is 139 Å². The number of Topliss-reactive ketones (excluding diaryl/α,β-unsaturated/α-hetero) is 1. The van der Waals surface area contributed by atoms with E-state index >= 15 is 0 Å². The number of aromatic nitrogens is 1. The molecule has 0 fully saturated rings. The van der Waals surface area contributed by atoms with Crippen molar-refractivity contribution in [1.82, 2.24) is 4.98 Å². The molecule has 0 unspecified atom stereocenters. The van der Waals surface area contributed by atoms with E-state index in [9.17, 15) is 9.90 Å². The second kappa shape index (κ2) is 5.20. The first-order valence-electron chi connectivity index (χ1n) is 7.73. The van der Waals surface area contributed by atoms with Gasteiger partial charge in [0.25, 0.3) is 0 Å². The molecule has 1 aromatic heterocycles. The number of para-hydroxylation sites is 1. The maximum absolute atomic E-state index is 12.7. The number of fused-ring (bicyclic) bond motifs is 2. The summed E-state index contributed by atoms with van der Waals surface area (Å²) in [6, 6.07) is 16.8. The quantitative estimate of drug-likeness (QED) is 0.778. The van der Waals surface area contributed by atoms with Crippen molar-refractivity contribution in [2.45, 2.75) is 0 Å². The zero-order chi connectivity index (χ0) is 16.8. The lowest BCUT2D eigenvalue weighted by Crippen LogP contribution is -2.10. The highest BCUT2D eigenvalue weighted by atomic mass is 16.3. The number of ketones is 1. The van der Waals surface area contributed by atoms with Crippen LogP contribution in [-0.2, 0) is 0 Å². The molecule has 1 aliphatic carbocycles. The first kappa shape index (κ1) is 14.5. The molecular formula is C20H16N2O2. The highest BCUT2D eigenvalue weighted by Crippen LogP contribution is 2.37. The van der Waals surface area contributed by atoms with E-state index in [2.05, 4.69) is 4.98 Å². The summed E-state index contributed by atoms with van der Waals surface area (Å²) >= 11 is 0. The summed E-state index contributed by atoms with van der Waals surface area (Å²) in [5.74, 6) is -0.179. The van der Waals surface area contributed by atoms with E-state index in [0.29, 0.717) is 16.8 Å². The lowest BCUT2D eigenvalue weighted by molar-refractivity contribution is 0.105. The molecule has 118 valence electrons. The molecule has 0 radical (unpaired) electrons. The van der Waals surface area contributed by atoms with Crippen molar-refractivity contribution >= 4 is 33.7 Å². The van der Waals surface area contributed by atoms with E-state index in [-0.39, 0.29) is 17.1 Å². The molecule has 1 aliphatic rings. The van der Waals surface area contributed by atoms with E-state index in [0.717, 1.165) is 16.6 Å². The van der Waals surface area contributed by atoms with Crippen LogP contribution in [0.15, 0.2) is 54.6 Å². The summed E-state index contributed by atoms with van der Waals surface area (Å²) in [4.78, 5) is 19.4. The number of rotatable bonds is 2. The molecule has 0 amide bonds. The van der Waals surface area contributed by atoms with Crippen molar-refractivity contribution in [2.24, 2.45) is 0 Å². The van der Waals surface area contributed by atoms with Gasteiger partial charge >= 0.3 is 0 Å². The van der Waals surface area contributed by atoms with E-state index in [1.807, 2.05) is 49.3 Å². The predicted molar refractivity (Wildman–Crippen MR) is 96.3 cm³/mol. The fourth-order valence-corrected chi connectivity index (χ4v) is 3.13. The number of aliphatic hydroxyl groups is 1. The van der Waals surface area contributed by atoms with Crippen LogP contribution in [0.4, 0.5) is 5.69 Å². The van der Waals surface area contributed by atoms with Crippen molar-refractivity contribution in [3.8, 4) is 0 Å². The number of hydrogen-bond donors (Lipinski definition) is 1. The Balaban J connectivity index is 1.94. The molecule has 1 heterocycles.